The molecule has 1 unspecified atom stereocenters. The minimum atomic E-state index is -0.212. The zero-order valence-corrected chi connectivity index (χ0v) is 18.2. The number of benzene rings is 2. The smallest absolute Gasteiger partial charge is 0.257 e. The molecule has 0 saturated carbocycles. The van der Waals surface area contributed by atoms with Crippen LogP contribution < -0.4 is 10.2 Å². The number of carbonyl (C=O) groups is 2. The number of nitrogens with one attached hydrogen (secondary N) is 1. The Bertz CT molecular complexity index is 1130. The summed E-state index contributed by atoms with van der Waals surface area (Å²) in [6, 6.07) is 19.4. The molecule has 6 nitrogen and oxygen atoms in total. The Morgan fingerprint density at radius 2 is 1.66 bits per heavy atom. The molecule has 5 rings (SSSR count). The normalized spacial score (nSPS) is 18.7. The van der Waals surface area contributed by atoms with Crippen molar-refractivity contribution in [3.63, 3.8) is 0 Å². The molecule has 2 aliphatic rings. The van der Waals surface area contributed by atoms with E-state index in [9.17, 15) is 9.59 Å². The van der Waals surface area contributed by atoms with E-state index in [4.69, 9.17) is 4.98 Å². The molecule has 2 amide bonds. The molecule has 1 N–H and O–H groups in total. The van der Waals surface area contributed by atoms with Gasteiger partial charge in [-0.2, -0.15) is 0 Å². The number of hydrogen-bond acceptors (Lipinski definition) is 4. The van der Waals surface area contributed by atoms with Crippen LogP contribution in [0.3, 0.4) is 0 Å². The van der Waals surface area contributed by atoms with Gasteiger partial charge in [0.25, 0.3) is 5.91 Å². The molecule has 3 heterocycles. The number of rotatable bonds is 4. The summed E-state index contributed by atoms with van der Waals surface area (Å²) in [5.41, 5.74) is 2.34. The van der Waals surface area contributed by atoms with Gasteiger partial charge in [-0.3, -0.25) is 9.59 Å². The van der Waals surface area contributed by atoms with Gasteiger partial charge in [-0.1, -0.05) is 36.4 Å². The Balaban J connectivity index is 1.39. The van der Waals surface area contributed by atoms with Crippen LogP contribution in [0.2, 0.25) is 0 Å². The maximum atomic E-state index is 13.7. The van der Waals surface area contributed by atoms with Crippen molar-refractivity contribution in [3.05, 3.63) is 66.2 Å². The van der Waals surface area contributed by atoms with Crippen molar-refractivity contribution in [2.75, 3.05) is 36.4 Å². The first-order chi connectivity index (χ1) is 15.7. The van der Waals surface area contributed by atoms with Crippen molar-refractivity contribution in [2.24, 2.45) is 5.92 Å². The molecule has 0 spiro atoms. The van der Waals surface area contributed by atoms with Crippen LogP contribution in [0.4, 0.5) is 11.5 Å². The second-order valence-corrected chi connectivity index (χ2v) is 8.69. The maximum Gasteiger partial charge on any atom is 0.257 e. The van der Waals surface area contributed by atoms with E-state index in [2.05, 4.69) is 10.2 Å². The highest BCUT2D eigenvalue weighted by Gasteiger charge is 2.31. The van der Waals surface area contributed by atoms with E-state index in [0.29, 0.717) is 18.7 Å². The number of aromatic nitrogens is 1. The third-order valence-electron chi connectivity index (χ3n) is 6.46. The molecular weight excluding hydrogens is 400 g/mol. The Hall–Kier alpha value is -3.41. The fourth-order valence-electron chi connectivity index (χ4n) is 4.74. The molecule has 6 heteroatoms. The summed E-state index contributed by atoms with van der Waals surface area (Å²) >= 11 is 0. The number of anilines is 2. The van der Waals surface area contributed by atoms with Crippen LogP contribution in [0, 0.1) is 5.92 Å². The van der Waals surface area contributed by atoms with Crippen LogP contribution in [-0.2, 0) is 4.79 Å². The highest BCUT2D eigenvalue weighted by Crippen LogP contribution is 2.29. The zero-order chi connectivity index (χ0) is 21.9. The molecule has 1 aromatic heterocycles. The second-order valence-electron chi connectivity index (χ2n) is 8.69. The SMILES string of the molecule is O=C(Nc1ccccc1)C1CCCN(C(=O)c2cc3ccccc3nc2N2CCCC2)C1. The number of amides is 2. The highest BCUT2D eigenvalue weighted by atomic mass is 16.2. The predicted octanol–water partition coefficient (Wildman–Crippen LogP) is 4.33. The molecular formula is C26H28N4O2. The molecule has 32 heavy (non-hydrogen) atoms. The number of piperidine rings is 1. The van der Waals surface area contributed by atoms with Gasteiger partial charge in [0.05, 0.1) is 17.0 Å². The summed E-state index contributed by atoms with van der Waals surface area (Å²) in [4.78, 5) is 35.5. The summed E-state index contributed by atoms with van der Waals surface area (Å²) < 4.78 is 0. The summed E-state index contributed by atoms with van der Waals surface area (Å²) in [6.07, 6.45) is 3.84. The Morgan fingerprint density at radius 3 is 2.47 bits per heavy atom. The lowest BCUT2D eigenvalue weighted by Gasteiger charge is -2.33. The number of likely N-dealkylation sites (tertiary alicyclic amines) is 1. The fourth-order valence-corrected chi connectivity index (χ4v) is 4.74. The van der Waals surface area contributed by atoms with Crippen molar-refractivity contribution in [2.45, 2.75) is 25.7 Å². The largest absolute Gasteiger partial charge is 0.356 e. The molecule has 2 fully saturated rings. The van der Waals surface area contributed by atoms with Crippen LogP contribution in [-0.4, -0.2) is 47.9 Å². The third-order valence-corrected chi connectivity index (χ3v) is 6.46. The molecule has 3 aromatic rings. The molecule has 1 atom stereocenters. The van der Waals surface area contributed by atoms with E-state index in [1.807, 2.05) is 65.6 Å². The minimum absolute atomic E-state index is 0.0231. The van der Waals surface area contributed by atoms with Gasteiger partial charge in [-0.05, 0) is 49.9 Å². The van der Waals surface area contributed by atoms with E-state index >= 15 is 0 Å². The van der Waals surface area contributed by atoms with Gasteiger partial charge in [0, 0.05) is 37.3 Å². The predicted molar refractivity (Wildman–Crippen MR) is 127 cm³/mol. The quantitative estimate of drug-likeness (QED) is 0.672. The van der Waals surface area contributed by atoms with Gasteiger partial charge in [-0.25, -0.2) is 4.98 Å². The lowest BCUT2D eigenvalue weighted by Crippen LogP contribution is -2.44. The van der Waals surface area contributed by atoms with Crippen LogP contribution in [0.1, 0.15) is 36.0 Å². The van der Waals surface area contributed by atoms with E-state index in [1.165, 1.54) is 0 Å². The Morgan fingerprint density at radius 1 is 0.906 bits per heavy atom. The van der Waals surface area contributed by atoms with Crippen LogP contribution in [0.15, 0.2) is 60.7 Å². The number of carbonyl (C=O) groups excluding carboxylic acids is 2. The molecule has 164 valence electrons. The average Bonchev–Trinajstić information content (AvgIpc) is 3.38. The van der Waals surface area contributed by atoms with Crippen LogP contribution >= 0.6 is 0 Å². The standard InChI is InChI=1S/C26H28N4O2/c31-25(27-21-11-2-1-3-12-21)20-10-8-16-30(18-20)26(32)22-17-19-9-4-5-13-23(19)28-24(22)29-14-6-7-15-29/h1-5,9,11-13,17,20H,6-8,10,14-16,18H2,(H,27,31). The average molecular weight is 429 g/mol. The van der Waals surface area contributed by atoms with Gasteiger partial charge in [0.1, 0.15) is 5.82 Å². The minimum Gasteiger partial charge on any atom is -0.356 e. The Kier molecular flexibility index (Phi) is 5.75. The number of para-hydroxylation sites is 2. The molecule has 2 aliphatic heterocycles. The lowest BCUT2D eigenvalue weighted by atomic mass is 9.96. The number of fused-ring (bicyclic) bond motifs is 1. The van der Waals surface area contributed by atoms with Gasteiger partial charge in [-0.15, -0.1) is 0 Å². The summed E-state index contributed by atoms with van der Waals surface area (Å²) in [7, 11) is 0. The molecule has 0 bridgehead atoms. The molecule has 0 radical (unpaired) electrons. The van der Waals surface area contributed by atoms with E-state index in [-0.39, 0.29) is 17.7 Å². The molecule has 0 aliphatic carbocycles. The summed E-state index contributed by atoms with van der Waals surface area (Å²) in [5.74, 6) is 0.520. The molecule has 2 aromatic carbocycles. The van der Waals surface area contributed by atoms with Crippen LogP contribution in [0.5, 0.6) is 0 Å². The van der Waals surface area contributed by atoms with Crippen molar-refractivity contribution in [1.82, 2.24) is 9.88 Å². The first-order valence-corrected chi connectivity index (χ1v) is 11.5. The van der Waals surface area contributed by atoms with Crippen molar-refractivity contribution in [3.8, 4) is 0 Å². The van der Waals surface area contributed by atoms with E-state index in [0.717, 1.165) is 61.2 Å². The topological polar surface area (TPSA) is 65.5 Å². The van der Waals surface area contributed by atoms with E-state index in [1.54, 1.807) is 0 Å². The van der Waals surface area contributed by atoms with Crippen molar-refractivity contribution >= 4 is 34.2 Å². The number of pyridine rings is 1. The van der Waals surface area contributed by atoms with Gasteiger partial charge >= 0.3 is 0 Å². The third kappa shape index (κ3) is 4.17. The first kappa shape index (κ1) is 20.5. The van der Waals surface area contributed by atoms with Gasteiger partial charge in [0.2, 0.25) is 5.91 Å². The lowest BCUT2D eigenvalue weighted by molar-refractivity contribution is -0.121. The van der Waals surface area contributed by atoms with Crippen LogP contribution in [0.25, 0.3) is 10.9 Å². The van der Waals surface area contributed by atoms with Crippen molar-refractivity contribution < 1.29 is 9.59 Å². The summed E-state index contributed by atoms with van der Waals surface area (Å²) in [5, 5.41) is 3.96. The Labute approximate surface area is 188 Å². The number of nitrogens with zero attached hydrogens (tertiary/aromatic N) is 3. The zero-order valence-electron chi connectivity index (χ0n) is 18.2. The maximum absolute atomic E-state index is 13.7. The second kappa shape index (κ2) is 8.99. The van der Waals surface area contributed by atoms with E-state index < -0.39 is 0 Å². The monoisotopic (exact) mass is 428 g/mol. The summed E-state index contributed by atoms with van der Waals surface area (Å²) in [6.45, 7) is 2.95. The first-order valence-electron chi connectivity index (χ1n) is 11.5. The highest BCUT2D eigenvalue weighted by molar-refractivity contribution is 6.03. The van der Waals surface area contributed by atoms with Gasteiger partial charge in [0.15, 0.2) is 0 Å². The van der Waals surface area contributed by atoms with Gasteiger partial charge < -0.3 is 15.1 Å². The van der Waals surface area contributed by atoms with Crippen molar-refractivity contribution in [1.29, 1.82) is 0 Å². The fraction of sp³-hybridized carbons (Fsp3) is 0.346. The number of hydrogen-bond donors (Lipinski definition) is 1. The molecule has 2 saturated heterocycles.